The average Bonchev–Trinajstić information content (AvgIpc) is 3.22. The van der Waals surface area contributed by atoms with E-state index in [1.165, 1.54) is 0 Å². The van der Waals surface area contributed by atoms with Crippen LogP contribution in [0, 0.1) is 0 Å². The number of ether oxygens (including phenoxy) is 1. The molecule has 1 N–H and O–H groups in total. The lowest BCUT2D eigenvalue weighted by atomic mass is 10.1. The fourth-order valence-corrected chi connectivity index (χ4v) is 4.97. The molecule has 1 atom stereocenters. The van der Waals surface area contributed by atoms with E-state index in [4.69, 9.17) is 4.74 Å². The zero-order valence-corrected chi connectivity index (χ0v) is 14.3. The molecule has 0 saturated carbocycles. The molecule has 2 aliphatic rings. The lowest BCUT2D eigenvalue weighted by Crippen LogP contribution is -2.49. The molecule has 8 heteroatoms. The van der Waals surface area contributed by atoms with Gasteiger partial charge in [0.05, 0.1) is 24.2 Å². The molecule has 1 aromatic heterocycles. The minimum atomic E-state index is -3.59. The second-order valence-electron chi connectivity index (χ2n) is 6.16. The Hall–Kier alpha value is -1.74. The molecule has 1 fully saturated rings. The molecule has 7 nitrogen and oxygen atoms in total. The van der Waals surface area contributed by atoms with Gasteiger partial charge in [0.2, 0.25) is 10.0 Å². The number of aromatic nitrogens is 2. The number of aryl methyl sites for hydroxylation is 1. The summed E-state index contributed by atoms with van der Waals surface area (Å²) in [4.78, 5) is 4.68. The van der Waals surface area contributed by atoms with Gasteiger partial charge in [0.25, 0.3) is 0 Å². The van der Waals surface area contributed by atoms with Crippen molar-refractivity contribution in [3.63, 3.8) is 0 Å². The predicted molar refractivity (Wildman–Crippen MR) is 87.6 cm³/mol. The Morgan fingerprint density at radius 2 is 2.12 bits per heavy atom. The summed E-state index contributed by atoms with van der Waals surface area (Å²) < 4.78 is 35.3. The summed E-state index contributed by atoms with van der Waals surface area (Å²) in [5, 5.41) is 3.27. The van der Waals surface area contributed by atoms with Gasteiger partial charge in [0.1, 0.15) is 5.82 Å². The third-order valence-corrected chi connectivity index (χ3v) is 6.55. The Balaban J connectivity index is 1.73. The van der Waals surface area contributed by atoms with Gasteiger partial charge in [-0.25, -0.2) is 13.4 Å². The summed E-state index contributed by atoms with van der Waals surface area (Å²) in [7, 11) is -1.71. The third-order valence-electron chi connectivity index (χ3n) is 4.65. The Kier molecular flexibility index (Phi) is 3.92. The van der Waals surface area contributed by atoms with Gasteiger partial charge in [-0.2, -0.15) is 4.31 Å². The highest BCUT2D eigenvalue weighted by Crippen LogP contribution is 2.30. The summed E-state index contributed by atoms with van der Waals surface area (Å²) >= 11 is 0. The van der Waals surface area contributed by atoms with Crippen LogP contribution in [0.25, 0.3) is 0 Å². The van der Waals surface area contributed by atoms with Crippen LogP contribution < -0.4 is 5.32 Å². The maximum atomic E-state index is 13.2. The van der Waals surface area contributed by atoms with Gasteiger partial charge in [-0.15, -0.1) is 0 Å². The molecule has 1 saturated heterocycles. The molecule has 0 bridgehead atoms. The molecule has 0 amide bonds. The number of fused-ring (bicyclic) bond motifs is 1. The number of sulfonamides is 1. The van der Waals surface area contributed by atoms with Crippen molar-refractivity contribution in [3.8, 4) is 0 Å². The fraction of sp³-hybridized carbons (Fsp3) is 0.438. The second-order valence-corrected chi connectivity index (χ2v) is 8.05. The highest BCUT2D eigenvalue weighted by Gasteiger charge is 2.36. The van der Waals surface area contributed by atoms with Crippen LogP contribution in [-0.4, -0.2) is 41.9 Å². The first kappa shape index (κ1) is 15.8. The Morgan fingerprint density at radius 3 is 2.92 bits per heavy atom. The average molecular weight is 348 g/mol. The molecular weight excluding hydrogens is 328 g/mol. The Bertz CT molecular complexity index is 862. The third kappa shape index (κ3) is 2.55. The van der Waals surface area contributed by atoms with Crippen molar-refractivity contribution in [2.75, 3.05) is 19.6 Å². The van der Waals surface area contributed by atoms with Gasteiger partial charge < -0.3 is 14.6 Å². The SMILES string of the molecule is Cn1ccnc1C1CNCCN1S(=O)(=O)c1ccc2c(c1)COC2. The molecule has 128 valence electrons. The normalized spacial score (nSPS) is 21.8. The number of piperazine rings is 1. The fourth-order valence-electron chi connectivity index (χ4n) is 3.34. The maximum absolute atomic E-state index is 13.2. The molecule has 24 heavy (non-hydrogen) atoms. The summed E-state index contributed by atoms with van der Waals surface area (Å²) in [5.74, 6) is 0.746. The van der Waals surface area contributed by atoms with Crippen LogP contribution in [0.2, 0.25) is 0 Å². The van der Waals surface area contributed by atoms with Gasteiger partial charge in [-0.3, -0.25) is 0 Å². The first-order valence-electron chi connectivity index (χ1n) is 7.97. The van der Waals surface area contributed by atoms with Crippen LogP contribution in [0.1, 0.15) is 23.0 Å². The van der Waals surface area contributed by atoms with E-state index in [9.17, 15) is 8.42 Å². The van der Waals surface area contributed by atoms with Crippen LogP contribution in [0.15, 0.2) is 35.5 Å². The van der Waals surface area contributed by atoms with Gasteiger partial charge in [-0.1, -0.05) is 6.07 Å². The number of rotatable bonds is 3. The topological polar surface area (TPSA) is 76.5 Å². The van der Waals surface area contributed by atoms with E-state index in [0.29, 0.717) is 37.7 Å². The van der Waals surface area contributed by atoms with E-state index >= 15 is 0 Å². The number of imidazole rings is 1. The summed E-state index contributed by atoms with van der Waals surface area (Å²) in [5.41, 5.74) is 2.02. The maximum Gasteiger partial charge on any atom is 0.243 e. The van der Waals surface area contributed by atoms with Gasteiger partial charge in [-0.05, 0) is 23.3 Å². The van der Waals surface area contributed by atoms with Crippen molar-refractivity contribution in [1.82, 2.24) is 19.2 Å². The summed E-state index contributed by atoms with van der Waals surface area (Å²) in [6.45, 7) is 2.64. The Labute approximate surface area is 141 Å². The number of hydrogen-bond acceptors (Lipinski definition) is 5. The van der Waals surface area contributed by atoms with Crippen LogP contribution >= 0.6 is 0 Å². The van der Waals surface area contributed by atoms with Crippen molar-refractivity contribution in [1.29, 1.82) is 0 Å². The van der Waals surface area contributed by atoms with Crippen LogP contribution in [0.5, 0.6) is 0 Å². The summed E-state index contributed by atoms with van der Waals surface area (Å²) in [6, 6.07) is 4.97. The highest BCUT2D eigenvalue weighted by molar-refractivity contribution is 7.89. The summed E-state index contributed by atoms with van der Waals surface area (Å²) in [6.07, 6.45) is 3.53. The number of nitrogens with one attached hydrogen (secondary N) is 1. The first-order chi connectivity index (χ1) is 11.6. The van der Waals surface area contributed by atoms with Gasteiger partial charge >= 0.3 is 0 Å². The van der Waals surface area contributed by atoms with Gasteiger partial charge in [0.15, 0.2) is 0 Å². The quantitative estimate of drug-likeness (QED) is 0.887. The molecule has 0 aliphatic carbocycles. The molecule has 4 rings (SSSR count). The van der Waals surface area contributed by atoms with Crippen molar-refractivity contribution in [2.45, 2.75) is 24.2 Å². The minimum absolute atomic E-state index is 0.312. The number of hydrogen-bond donors (Lipinski definition) is 1. The van der Waals surface area contributed by atoms with Crippen LogP contribution in [0.3, 0.4) is 0 Å². The second kappa shape index (κ2) is 5.96. The largest absolute Gasteiger partial charge is 0.372 e. The predicted octanol–water partition coefficient (Wildman–Crippen LogP) is 0.786. The van der Waals surface area contributed by atoms with E-state index in [2.05, 4.69) is 10.3 Å². The van der Waals surface area contributed by atoms with Crippen LogP contribution in [-0.2, 0) is 35.0 Å². The van der Waals surface area contributed by atoms with Crippen LogP contribution in [0.4, 0.5) is 0 Å². The van der Waals surface area contributed by atoms with E-state index < -0.39 is 10.0 Å². The van der Waals surface area contributed by atoms with Crippen molar-refractivity contribution in [3.05, 3.63) is 47.5 Å². The molecular formula is C16H20N4O3S. The van der Waals surface area contributed by atoms with E-state index in [-0.39, 0.29) is 6.04 Å². The molecule has 2 aliphatic heterocycles. The smallest absolute Gasteiger partial charge is 0.243 e. The zero-order valence-electron chi connectivity index (χ0n) is 13.5. The Morgan fingerprint density at radius 1 is 1.29 bits per heavy atom. The lowest BCUT2D eigenvalue weighted by Gasteiger charge is -2.34. The molecule has 0 radical (unpaired) electrons. The first-order valence-corrected chi connectivity index (χ1v) is 9.41. The monoisotopic (exact) mass is 348 g/mol. The lowest BCUT2D eigenvalue weighted by molar-refractivity contribution is 0.134. The molecule has 0 spiro atoms. The van der Waals surface area contributed by atoms with Crippen molar-refractivity contribution in [2.24, 2.45) is 7.05 Å². The minimum Gasteiger partial charge on any atom is -0.372 e. The highest BCUT2D eigenvalue weighted by atomic mass is 32.2. The van der Waals surface area contributed by atoms with E-state index in [0.717, 1.165) is 17.0 Å². The zero-order chi connectivity index (χ0) is 16.7. The number of nitrogens with zero attached hydrogens (tertiary/aromatic N) is 3. The number of benzene rings is 1. The van der Waals surface area contributed by atoms with E-state index in [1.807, 2.05) is 23.9 Å². The molecule has 1 unspecified atom stereocenters. The van der Waals surface area contributed by atoms with E-state index in [1.54, 1.807) is 22.6 Å². The molecule has 1 aromatic carbocycles. The van der Waals surface area contributed by atoms with Crippen molar-refractivity contribution < 1.29 is 13.2 Å². The molecule has 3 heterocycles. The molecule has 2 aromatic rings. The van der Waals surface area contributed by atoms with Crippen molar-refractivity contribution >= 4 is 10.0 Å². The standard InChI is InChI=1S/C16H20N4O3S/c1-19-6-5-18-16(19)15-9-17-4-7-20(15)24(21,22)14-3-2-12-10-23-11-13(12)8-14/h2-3,5-6,8,15,17H,4,7,9-11H2,1H3. The van der Waals surface area contributed by atoms with Gasteiger partial charge in [0, 0.05) is 39.1 Å².